The molecule has 0 amide bonds. The first-order valence-corrected chi connectivity index (χ1v) is 21.6. The molecule has 0 unspecified atom stereocenters. The summed E-state index contributed by atoms with van der Waals surface area (Å²) in [4.78, 5) is 4.88. The molecule has 3 nitrogen and oxygen atoms in total. The molecule has 0 aliphatic heterocycles. The van der Waals surface area contributed by atoms with E-state index in [0.717, 1.165) is 77.6 Å². The van der Waals surface area contributed by atoms with Crippen LogP contribution in [0.5, 0.6) is 0 Å². The van der Waals surface area contributed by atoms with Gasteiger partial charge in [0.15, 0.2) is 0 Å². The number of para-hydroxylation sites is 2. The van der Waals surface area contributed by atoms with Crippen LogP contribution in [0.15, 0.2) is 235 Å². The van der Waals surface area contributed by atoms with Crippen molar-refractivity contribution in [2.45, 2.75) is 0 Å². The number of nitrogens with zero attached hydrogens (tertiary/aromatic N) is 2. The normalized spacial score (nSPS) is 11.8. The van der Waals surface area contributed by atoms with Crippen molar-refractivity contribution in [3.05, 3.63) is 231 Å². The van der Waals surface area contributed by atoms with E-state index in [-0.39, 0.29) is 0 Å². The summed E-state index contributed by atoms with van der Waals surface area (Å²) >= 11 is 0. The number of anilines is 6. The van der Waals surface area contributed by atoms with Crippen molar-refractivity contribution in [3.63, 3.8) is 0 Å². The van der Waals surface area contributed by atoms with Crippen molar-refractivity contribution in [3.8, 4) is 0 Å². The Kier molecular flexibility index (Phi) is 7.91. The zero-order valence-corrected chi connectivity index (χ0v) is 34.2. The van der Waals surface area contributed by atoms with E-state index in [9.17, 15) is 0 Å². The van der Waals surface area contributed by atoms with Gasteiger partial charge in [0.2, 0.25) is 0 Å². The quantitative estimate of drug-likeness (QED) is 0.156. The van der Waals surface area contributed by atoms with Gasteiger partial charge in [0.05, 0.1) is 22.7 Å². The summed E-state index contributed by atoms with van der Waals surface area (Å²) < 4.78 is 7.22. The molecule has 1 aromatic heterocycles. The van der Waals surface area contributed by atoms with Crippen molar-refractivity contribution in [1.82, 2.24) is 0 Å². The molecule has 13 aromatic rings. The first-order valence-electron chi connectivity index (χ1n) is 21.6. The summed E-state index contributed by atoms with van der Waals surface area (Å²) in [7, 11) is 0. The molecule has 3 heteroatoms. The highest BCUT2D eigenvalue weighted by molar-refractivity contribution is 6.28. The van der Waals surface area contributed by atoms with Gasteiger partial charge >= 0.3 is 0 Å². The molecule has 1 heterocycles. The predicted molar refractivity (Wildman–Crippen MR) is 268 cm³/mol. The maximum absolute atomic E-state index is 7.22. The Balaban J connectivity index is 1.13. The van der Waals surface area contributed by atoms with Crippen LogP contribution in [0.2, 0.25) is 0 Å². The first-order chi connectivity index (χ1) is 31.3. The average Bonchev–Trinajstić information content (AvgIpc) is 3.74. The fraction of sp³-hybridized carbons (Fsp3) is 0. The molecule has 0 radical (unpaired) electrons. The van der Waals surface area contributed by atoms with Crippen LogP contribution >= 0.6 is 0 Å². The van der Waals surface area contributed by atoms with E-state index in [0.29, 0.717) is 0 Å². The van der Waals surface area contributed by atoms with E-state index in [4.69, 9.17) is 4.42 Å². The number of furan rings is 1. The van der Waals surface area contributed by atoms with Crippen molar-refractivity contribution in [2.75, 3.05) is 9.80 Å². The molecule has 0 bridgehead atoms. The number of fused-ring (bicyclic) bond motifs is 13. The third-order valence-electron chi connectivity index (χ3n) is 12.9. The molecule has 0 aliphatic carbocycles. The number of benzene rings is 12. The molecule has 12 aromatic carbocycles. The smallest absolute Gasteiger partial charge is 0.143 e. The molecule has 63 heavy (non-hydrogen) atoms. The first kappa shape index (κ1) is 35.4. The minimum atomic E-state index is 0.842. The molecular weight excluding hydrogens is 765 g/mol. The van der Waals surface area contributed by atoms with Crippen molar-refractivity contribution in [2.24, 2.45) is 0 Å². The molecule has 0 saturated carbocycles. The Labute approximate surface area is 363 Å². The molecule has 0 spiro atoms. The van der Waals surface area contributed by atoms with Gasteiger partial charge < -0.3 is 14.2 Å². The standard InChI is InChI=1S/C60H38N2O/c1-3-21-41(22-4-1)61(54-35-39-19-7-9-25-43(39)45-27-11-13-29-47(45)54)56-37-53-59-51-33-17-15-31-49(51)57(38-58(59)63-60(53)52-34-18-16-32-50(52)56)62(42-23-5-2-6-24-42)55-36-40-20-8-10-26-44(40)46-28-12-14-30-48(46)55/h1-38H. The van der Waals surface area contributed by atoms with Crippen LogP contribution < -0.4 is 9.80 Å². The zero-order valence-electron chi connectivity index (χ0n) is 34.2. The van der Waals surface area contributed by atoms with Gasteiger partial charge in [-0.15, -0.1) is 0 Å². The second-order valence-corrected chi connectivity index (χ2v) is 16.4. The highest BCUT2D eigenvalue weighted by Gasteiger charge is 2.26. The van der Waals surface area contributed by atoms with Gasteiger partial charge in [-0.25, -0.2) is 0 Å². The minimum absolute atomic E-state index is 0.842. The predicted octanol–water partition coefficient (Wildman–Crippen LogP) is 17.4. The van der Waals surface area contributed by atoms with E-state index in [1.165, 1.54) is 43.1 Å². The molecular formula is C60H38N2O. The maximum Gasteiger partial charge on any atom is 0.143 e. The summed E-state index contributed by atoms with van der Waals surface area (Å²) in [5, 5.41) is 16.4. The van der Waals surface area contributed by atoms with Crippen LogP contribution in [0, 0.1) is 0 Å². The van der Waals surface area contributed by atoms with Crippen LogP contribution in [-0.4, -0.2) is 0 Å². The average molecular weight is 803 g/mol. The van der Waals surface area contributed by atoms with Gasteiger partial charge in [0, 0.05) is 55.1 Å². The monoisotopic (exact) mass is 802 g/mol. The number of hydrogen-bond donors (Lipinski definition) is 0. The van der Waals surface area contributed by atoms with Crippen LogP contribution in [0.3, 0.4) is 0 Å². The molecule has 294 valence electrons. The van der Waals surface area contributed by atoms with Gasteiger partial charge in [0.25, 0.3) is 0 Å². The third-order valence-corrected chi connectivity index (χ3v) is 12.9. The van der Waals surface area contributed by atoms with Gasteiger partial charge in [0.1, 0.15) is 11.2 Å². The Morgan fingerprint density at radius 1 is 0.254 bits per heavy atom. The fourth-order valence-corrected chi connectivity index (χ4v) is 10.2. The van der Waals surface area contributed by atoms with Gasteiger partial charge in [-0.2, -0.15) is 0 Å². The van der Waals surface area contributed by atoms with E-state index in [1.807, 2.05) is 0 Å². The molecule has 0 N–H and O–H groups in total. The Morgan fingerprint density at radius 3 is 1.11 bits per heavy atom. The van der Waals surface area contributed by atoms with Gasteiger partial charge in [-0.05, 0) is 80.2 Å². The highest BCUT2D eigenvalue weighted by Crippen LogP contribution is 2.51. The highest BCUT2D eigenvalue weighted by atomic mass is 16.3. The van der Waals surface area contributed by atoms with Crippen LogP contribution in [0.1, 0.15) is 0 Å². The second-order valence-electron chi connectivity index (χ2n) is 16.4. The number of rotatable bonds is 6. The molecule has 0 saturated heterocycles. The van der Waals surface area contributed by atoms with E-state index in [1.54, 1.807) is 0 Å². The SMILES string of the molecule is c1ccc(N(c2cc3ccccc3c3ccccc23)c2cc3c(oc4cc(N(c5ccccc5)c5cc6ccccc6c6ccccc56)c5ccccc5c43)c3ccccc23)cc1. The summed E-state index contributed by atoms with van der Waals surface area (Å²) in [5.74, 6) is 0. The maximum atomic E-state index is 7.22. The van der Waals surface area contributed by atoms with E-state index in [2.05, 4.69) is 240 Å². The summed E-state index contributed by atoms with van der Waals surface area (Å²) in [6, 6.07) is 83.4. The van der Waals surface area contributed by atoms with Crippen molar-refractivity contribution >= 4 is 121 Å². The lowest BCUT2D eigenvalue weighted by Crippen LogP contribution is -2.11. The largest absolute Gasteiger partial charge is 0.455 e. The summed E-state index contributed by atoms with van der Waals surface area (Å²) in [6.45, 7) is 0. The van der Waals surface area contributed by atoms with E-state index >= 15 is 0 Å². The lowest BCUT2D eigenvalue weighted by Gasteiger charge is -2.29. The topological polar surface area (TPSA) is 19.6 Å². The Bertz CT molecular complexity index is 3930. The van der Waals surface area contributed by atoms with Gasteiger partial charge in [-0.3, -0.25) is 0 Å². The molecule has 0 aliphatic rings. The second kappa shape index (κ2) is 14.1. The van der Waals surface area contributed by atoms with Crippen LogP contribution in [0.4, 0.5) is 34.1 Å². The van der Waals surface area contributed by atoms with Gasteiger partial charge in [-0.1, -0.05) is 182 Å². The Hall–Kier alpha value is -8.40. The van der Waals surface area contributed by atoms with Crippen LogP contribution in [-0.2, 0) is 0 Å². The molecule has 0 atom stereocenters. The number of hydrogen-bond acceptors (Lipinski definition) is 3. The van der Waals surface area contributed by atoms with Crippen molar-refractivity contribution in [1.29, 1.82) is 0 Å². The lowest BCUT2D eigenvalue weighted by atomic mass is 9.96. The third kappa shape index (κ3) is 5.46. The van der Waals surface area contributed by atoms with Crippen LogP contribution in [0.25, 0.3) is 86.6 Å². The molecule has 0 fully saturated rings. The van der Waals surface area contributed by atoms with Crippen molar-refractivity contribution < 1.29 is 4.42 Å². The fourth-order valence-electron chi connectivity index (χ4n) is 10.2. The molecule has 13 rings (SSSR count). The minimum Gasteiger partial charge on any atom is -0.455 e. The lowest BCUT2D eigenvalue weighted by molar-refractivity contribution is 0.673. The zero-order chi connectivity index (χ0) is 41.4. The van der Waals surface area contributed by atoms with E-state index < -0.39 is 0 Å². The summed E-state index contributed by atoms with van der Waals surface area (Å²) in [6.07, 6.45) is 0. The summed E-state index contributed by atoms with van der Waals surface area (Å²) in [5.41, 5.74) is 8.28. The Morgan fingerprint density at radius 2 is 0.603 bits per heavy atom.